The number of carbonyl (C=O) groups excluding carboxylic acids is 2. The number of hydrogen-bond donors (Lipinski definition) is 0. The minimum absolute atomic E-state index is 0.315. The minimum atomic E-state index is -1.28. The summed E-state index contributed by atoms with van der Waals surface area (Å²) < 4.78 is 4.87. The van der Waals surface area contributed by atoms with Crippen molar-refractivity contribution in [1.29, 1.82) is 0 Å². The van der Waals surface area contributed by atoms with Gasteiger partial charge in [0.15, 0.2) is 0 Å². The Morgan fingerprint density at radius 1 is 1.05 bits per heavy atom. The van der Waals surface area contributed by atoms with Gasteiger partial charge in [-0.2, -0.15) is 0 Å². The number of hydrogen-bond acceptors (Lipinski definition) is 3. The molecule has 0 aliphatic carbocycles. The molecule has 0 aliphatic rings. The second-order valence-corrected chi connectivity index (χ2v) is 5.06. The Hall–Kier alpha value is -1.37. The summed E-state index contributed by atoms with van der Waals surface area (Å²) in [5.41, 5.74) is 0. The summed E-state index contributed by atoms with van der Waals surface area (Å²) in [4.78, 5) is 24.4. The van der Waals surface area contributed by atoms with Crippen molar-refractivity contribution in [2.24, 2.45) is 0 Å². The van der Waals surface area contributed by atoms with E-state index in [0.29, 0.717) is 12.9 Å². The van der Waals surface area contributed by atoms with Crippen LogP contribution >= 0.6 is 0 Å². The van der Waals surface area contributed by atoms with Crippen LogP contribution in [0.1, 0.15) is 71.1 Å². The Morgan fingerprint density at radius 3 is 2.00 bits per heavy atom. The normalized spacial score (nSPS) is 11.6. The number of aldehydes is 1. The highest BCUT2D eigenvalue weighted by Gasteiger charge is 2.23. The van der Waals surface area contributed by atoms with E-state index in [9.17, 15) is 9.59 Å². The van der Waals surface area contributed by atoms with Crippen molar-refractivity contribution < 1.29 is 14.3 Å². The van der Waals surface area contributed by atoms with Gasteiger partial charge in [0.2, 0.25) is 6.29 Å². The lowest BCUT2D eigenvalue weighted by Gasteiger charge is -2.04. The van der Waals surface area contributed by atoms with E-state index in [-0.39, 0.29) is 0 Å². The SMILES string of the molecule is [C-]#[N+]C(C=O)C(=O)OCCCCCCCCCCCC. The molecule has 4 nitrogen and oxygen atoms in total. The van der Waals surface area contributed by atoms with E-state index in [1.54, 1.807) is 0 Å². The molecule has 0 saturated heterocycles. The minimum Gasteiger partial charge on any atom is -0.460 e. The van der Waals surface area contributed by atoms with Gasteiger partial charge < -0.3 is 4.74 Å². The fraction of sp³-hybridized carbons (Fsp3) is 0.812. The summed E-state index contributed by atoms with van der Waals surface area (Å²) >= 11 is 0. The van der Waals surface area contributed by atoms with Crippen molar-refractivity contribution in [2.75, 3.05) is 6.61 Å². The monoisotopic (exact) mass is 281 g/mol. The number of ether oxygens (including phenoxy) is 1. The fourth-order valence-corrected chi connectivity index (χ4v) is 1.99. The topological polar surface area (TPSA) is 47.7 Å². The molecule has 1 unspecified atom stereocenters. The lowest BCUT2D eigenvalue weighted by atomic mass is 10.1. The lowest BCUT2D eigenvalue weighted by Crippen LogP contribution is -2.21. The summed E-state index contributed by atoms with van der Waals surface area (Å²) in [7, 11) is 0. The van der Waals surface area contributed by atoms with E-state index in [2.05, 4.69) is 11.8 Å². The van der Waals surface area contributed by atoms with Crippen LogP contribution < -0.4 is 0 Å². The maximum Gasteiger partial charge on any atom is 0.398 e. The van der Waals surface area contributed by atoms with Crippen LogP contribution in [0.4, 0.5) is 0 Å². The number of unbranched alkanes of at least 4 members (excludes halogenated alkanes) is 9. The second kappa shape index (κ2) is 14.0. The summed E-state index contributed by atoms with van der Waals surface area (Å²) in [6, 6.07) is -1.28. The Balaban J connectivity index is 3.27. The second-order valence-electron chi connectivity index (χ2n) is 5.06. The summed E-state index contributed by atoms with van der Waals surface area (Å²) in [5, 5.41) is 0. The molecule has 114 valence electrons. The predicted octanol–water partition coefficient (Wildman–Crippen LogP) is 3.94. The molecule has 20 heavy (non-hydrogen) atoms. The van der Waals surface area contributed by atoms with E-state index in [1.807, 2.05) is 0 Å². The first-order valence-electron chi connectivity index (χ1n) is 7.74. The maximum absolute atomic E-state index is 11.2. The van der Waals surface area contributed by atoms with Gasteiger partial charge >= 0.3 is 12.0 Å². The van der Waals surface area contributed by atoms with Crippen molar-refractivity contribution in [1.82, 2.24) is 0 Å². The summed E-state index contributed by atoms with van der Waals surface area (Å²) in [6.45, 7) is 9.18. The highest BCUT2D eigenvalue weighted by molar-refractivity contribution is 5.94. The molecular formula is C16H27NO3. The van der Waals surface area contributed by atoms with Gasteiger partial charge in [0.05, 0.1) is 6.61 Å². The molecular weight excluding hydrogens is 254 g/mol. The van der Waals surface area contributed by atoms with E-state index in [4.69, 9.17) is 11.3 Å². The molecule has 0 aromatic rings. The van der Waals surface area contributed by atoms with Crippen molar-refractivity contribution in [3.8, 4) is 0 Å². The third kappa shape index (κ3) is 10.5. The zero-order valence-electron chi connectivity index (χ0n) is 12.6. The van der Waals surface area contributed by atoms with E-state index in [1.165, 1.54) is 44.9 Å². The molecule has 0 fully saturated rings. The van der Waals surface area contributed by atoms with Crippen molar-refractivity contribution in [2.45, 2.75) is 77.2 Å². The van der Waals surface area contributed by atoms with Crippen LogP contribution in [0.5, 0.6) is 0 Å². The third-order valence-electron chi connectivity index (χ3n) is 3.25. The third-order valence-corrected chi connectivity index (χ3v) is 3.25. The van der Waals surface area contributed by atoms with Gasteiger partial charge in [-0.1, -0.05) is 64.7 Å². The van der Waals surface area contributed by atoms with Crippen LogP contribution in [-0.4, -0.2) is 24.9 Å². The zero-order valence-corrected chi connectivity index (χ0v) is 12.6. The molecule has 0 aliphatic heterocycles. The molecule has 0 rings (SSSR count). The van der Waals surface area contributed by atoms with Gasteiger partial charge in [-0.05, 0) is 6.42 Å². The van der Waals surface area contributed by atoms with Gasteiger partial charge in [-0.3, -0.25) is 9.64 Å². The number of nitrogens with zero attached hydrogens (tertiary/aromatic N) is 1. The summed E-state index contributed by atoms with van der Waals surface area (Å²) in [5.74, 6) is -0.717. The van der Waals surface area contributed by atoms with Crippen LogP contribution in [0.2, 0.25) is 0 Å². The number of esters is 1. The molecule has 0 bridgehead atoms. The average Bonchev–Trinajstić information content (AvgIpc) is 2.46. The fourth-order valence-electron chi connectivity index (χ4n) is 1.99. The van der Waals surface area contributed by atoms with Gasteiger partial charge in [-0.15, -0.1) is 0 Å². The van der Waals surface area contributed by atoms with Crippen LogP contribution in [0.3, 0.4) is 0 Å². The first-order valence-corrected chi connectivity index (χ1v) is 7.74. The number of rotatable bonds is 13. The molecule has 0 amide bonds. The van der Waals surface area contributed by atoms with Crippen LogP contribution in [0.25, 0.3) is 4.85 Å². The Bertz CT molecular complexity index is 297. The van der Waals surface area contributed by atoms with Crippen molar-refractivity contribution >= 4 is 12.3 Å². The standard InChI is InChI=1S/C16H27NO3/c1-3-4-5-6-7-8-9-10-11-12-13-20-16(19)15(14-18)17-2/h14-15H,3-13H2,1H3. The van der Waals surface area contributed by atoms with Gasteiger partial charge in [0.1, 0.15) is 0 Å². The quantitative estimate of drug-likeness (QED) is 0.169. The van der Waals surface area contributed by atoms with Gasteiger partial charge in [-0.25, -0.2) is 11.4 Å². The van der Waals surface area contributed by atoms with Crippen LogP contribution in [0.15, 0.2) is 0 Å². The predicted molar refractivity (Wildman–Crippen MR) is 79.3 cm³/mol. The molecule has 0 radical (unpaired) electrons. The largest absolute Gasteiger partial charge is 0.460 e. The van der Waals surface area contributed by atoms with Crippen molar-refractivity contribution in [3.05, 3.63) is 11.4 Å². The van der Waals surface area contributed by atoms with Gasteiger partial charge in [0, 0.05) is 0 Å². The molecule has 0 aromatic heterocycles. The first-order chi connectivity index (χ1) is 9.76. The molecule has 0 N–H and O–H groups in total. The number of carbonyl (C=O) groups is 2. The first kappa shape index (κ1) is 18.6. The van der Waals surface area contributed by atoms with Crippen LogP contribution in [0, 0.1) is 6.57 Å². The van der Waals surface area contributed by atoms with E-state index >= 15 is 0 Å². The Labute approximate surface area is 122 Å². The highest BCUT2D eigenvalue weighted by atomic mass is 16.5. The molecule has 1 atom stereocenters. The summed E-state index contributed by atoms with van der Waals surface area (Å²) in [6.07, 6.45) is 12.5. The van der Waals surface area contributed by atoms with Crippen LogP contribution in [-0.2, 0) is 14.3 Å². The zero-order chi connectivity index (χ0) is 15.1. The molecule has 0 aromatic carbocycles. The lowest BCUT2D eigenvalue weighted by molar-refractivity contribution is -0.145. The smallest absolute Gasteiger partial charge is 0.398 e. The van der Waals surface area contributed by atoms with E-state index in [0.717, 1.165) is 19.3 Å². The van der Waals surface area contributed by atoms with Crippen molar-refractivity contribution in [3.63, 3.8) is 0 Å². The average molecular weight is 281 g/mol. The Morgan fingerprint density at radius 2 is 1.55 bits per heavy atom. The molecule has 4 heteroatoms. The van der Waals surface area contributed by atoms with E-state index < -0.39 is 12.0 Å². The molecule has 0 saturated carbocycles. The Kier molecular flexibility index (Phi) is 13.1. The maximum atomic E-state index is 11.2. The highest BCUT2D eigenvalue weighted by Crippen LogP contribution is 2.10. The molecule has 0 spiro atoms. The van der Waals surface area contributed by atoms with Gasteiger partial charge in [0.25, 0.3) is 0 Å². The molecule has 0 heterocycles.